The topological polar surface area (TPSA) is 64.8 Å². The van der Waals surface area contributed by atoms with E-state index in [1.54, 1.807) is 18.2 Å². The van der Waals surface area contributed by atoms with Crippen LogP contribution in [0.3, 0.4) is 0 Å². The first-order valence-corrected chi connectivity index (χ1v) is 7.00. The summed E-state index contributed by atoms with van der Waals surface area (Å²) in [5.41, 5.74) is 5.19. The molecule has 1 aliphatic heterocycles. The van der Waals surface area contributed by atoms with Crippen LogP contribution in [0.4, 0.5) is 0 Å². The molecule has 7 heteroatoms. The normalized spacial score (nSPS) is 19.8. The first kappa shape index (κ1) is 15.4. The van der Waals surface area contributed by atoms with Gasteiger partial charge in [0.15, 0.2) is 0 Å². The molecule has 0 spiro atoms. The molecule has 0 unspecified atom stereocenters. The van der Waals surface area contributed by atoms with Gasteiger partial charge in [0.05, 0.1) is 18.2 Å². The molecule has 2 rings (SSSR count). The van der Waals surface area contributed by atoms with Crippen LogP contribution in [0.25, 0.3) is 0 Å². The Morgan fingerprint density at radius 1 is 1.50 bits per heavy atom. The summed E-state index contributed by atoms with van der Waals surface area (Å²) in [6.45, 7) is 2.41. The Morgan fingerprint density at radius 2 is 2.30 bits per heavy atom. The molecule has 1 saturated heterocycles. The molecule has 0 bridgehead atoms. The highest BCUT2D eigenvalue weighted by Crippen LogP contribution is 2.28. The Bertz CT molecular complexity index is 485. The van der Waals surface area contributed by atoms with Crippen LogP contribution in [0, 0.1) is 0 Å². The summed E-state index contributed by atoms with van der Waals surface area (Å²) in [5.74, 6) is 0.180. The summed E-state index contributed by atoms with van der Waals surface area (Å²) in [5, 5.41) is 1.06. The highest BCUT2D eigenvalue weighted by molar-refractivity contribution is 6.34. The van der Waals surface area contributed by atoms with Crippen LogP contribution in [0.5, 0.6) is 5.75 Å². The Balaban J connectivity index is 1.87. The molecular formula is C13H16Cl2N2O3. The number of nitrogens with zero attached hydrogens (tertiary/aromatic N) is 1. The number of carbonyl (C=O) groups excluding carboxylic acids is 1. The molecule has 20 heavy (non-hydrogen) atoms. The number of hydrogen-bond acceptors (Lipinski definition) is 4. The van der Waals surface area contributed by atoms with Crippen LogP contribution in [0.2, 0.25) is 10.0 Å². The van der Waals surface area contributed by atoms with Crippen molar-refractivity contribution in [1.29, 1.82) is 0 Å². The van der Waals surface area contributed by atoms with E-state index in [1.807, 2.05) is 4.90 Å². The van der Waals surface area contributed by atoms with Gasteiger partial charge in [-0.05, 0) is 12.1 Å². The maximum atomic E-state index is 10.9. The average molecular weight is 319 g/mol. The minimum atomic E-state index is -0.343. The number of rotatable bonds is 5. The third kappa shape index (κ3) is 4.52. The van der Waals surface area contributed by atoms with E-state index in [0.29, 0.717) is 42.1 Å². The van der Waals surface area contributed by atoms with Gasteiger partial charge in [0.2, 0.25) is 5.91 Å². The largest absolute Gasteiger partial charge is 0.489 e. The minimum absolute atomic E-state index is 0.127. The quantitative estimate of drug-likeness (QED) is 0.894. The fourth-order valence-electron chi connectivity index (χ4n) is 2.02. The molecule has 1 aromatic carbocycles. The molecule has 110 valence electrons. The number of amides is 1. The monoisotopic (exact) mass is 318 g/mol. The second-order valence-corrected chi connectivity index (χ2v) is 5.42. The van der Waals surface area contributed by atoms with E-state index >= 15 is 0 Å². The molecule has 1 amide bonds. The number of benzene rings is 1. The molecule has 1 aromatic rings. The van der Waals surface area contributed by atoms with Gasteiger partial charge in [0, 0.05) is 24.2 Å². The van der Waals surface area contributed by atoms with E-state index in [0.717, 1.165) is 0 Å². The van der Waals surface area contributed by atoms with Gasteiger partial charge in [0.25, 0.3) is 0 Å². The van der Waals surface area contributed by atoms with Crippen molar-refractivity contribution >= 4 is 29.1 Å². The lowest BCUT2D eigenvalue weighted by atomic mass is 10.2. The van der Waals surface area contributed by atoms with Crippen molar-refractivity contribution in [2.24, 2.45) is 5.73 Å². The van der Waals surface area contributed by atoms with Gasteiger partial charge in [0.1, 0.15) is 18.5 Å². The summed E-state index contributed by atoms with van der Waals surface area (Å²) in [4.78, 5) is 12.9. The van der Waals surface area contributed by atoms with Crippen LogP contribution in [0.15, 0.2) is 18.2 Å². The van der Waals surface area contributed by atoms with Crippen molar-refractivity contribution in [3.8, 4) is 5.75 Å². The predicted molar refractivity (Wildman–Crippen MR) is 77.3 cm³/mol. The lowest BCUT2D eigenvalue weighted by Crippen LogP contribution is -2.47. The van der Waals surface area contributed by atoms with Gasteiger partial charge >= 0.3 is 0 Å². The Labute approximate surface area is 127 Å². The zero-order valence-corrected chi connectivity index (χ0v) is 12.4. The third-order valence-corrected chi connectivity index (χ3v) is 3.47. The van der Waals surface area contributed by atoms with Gasteiger partial charge in [-0.1, -0.05) is 23.2 Å². The Kier molecular flexibility index (Phi) is 5.48. The van der Waals surface area contributed by atoms with E-state index in [1.165, 1.54) is 0 Å². The number of hydrogen-bond donors (Lipinski definition) is 1. The van der Waals surface area contributed by atoms with Crippen LogP contribution >= 0.6 is 23.2 Å². The van der Waals surface area contributed by atoms with Gasteiger partial charge in [-0.3, -0.25) is 9.69 Å². The van der Waals surface area contributed by atoms with Crippen molar-refractivity contribution in [2.75, 3.05) is 32.8 Å². The Hall–Kier alpha value is -1.01. The zero-order chi connectivity index (χ0) is 14.5. The summed E-state index contributed by atoms with van der Waals surface area (Å²) in [6.07, 6.45) is -0.127. The molecular weight excluding hydrogens is 303 g/mol. The first-order valence-electron chi connectivity index (χ1n) is 6.24. The lowest BCUT2D eigenvalue weighted by Gasteiger charge is -2.31. The average Bonchev–Trinajstić information content (AvgIpc) is 2.39. The third-order valence-electron chi connectivity index (χ3n) is 2.92. The van der Waals surface area contributed by atoms with Crippen LogP contribution in [-0.4, -0.2) is 49.8 Å². The zero-order valence-electron chi connectivity index (χ0n) is 10.9. The molecule has 1 fully saturated rings. The van der Waals surface area contributed by atoms with E-state index < -0.39 is 0 Å². The molecule has 0 radical (unpaired) electrons. The standard InChI is InChI=1S/C13H16Cl2N2O3/c14-9-1-2-11(15)12(5-9)20-8-10-6-17(3-4-19-10)7-13(16)18/h1-2,5,10H,3-4,6-8H2,(H2,16,18)/t10-/m0/s1. The number of morpholine rings is 1. The molecule has 1 atom stereocenters. The number of ether oxygens (including phenoxy) is 2. The smallest absolute Gasteiger partial charge is 0.231 e. The molecule has 0 aliphatic carbocycles. The highest BCUT2D eigenvalue weighted by Gasteiger charge is 2.22. The van der Waals surface area contributed by atoms with Crippen LogP contribution in [-0.2, 0) is 9.53 Å². The van der Waals surface area contributed by atoms with Gasteiger partial charge < -0.3 is 15.2 Å². The highest BCUT2D eigenvalue weighted by atomic mass is 35.5. The SMILES string of the molecule is NC(=O)CN1CCO[C@H](COc2cc(Cl)ccc2Cl)C1. The first-order chi connectivity index (χ1) is 9.54. The minimum Gasteiger partial charge on any atom is -0.489 e. The summed E-state index contributed by atoms with van der Waals surface area (Å²) < 4.78 is 11.2. The number of halogens is 2. The molecule has 2 N–H and O–H groups in total. The molecule has 1 heterocycles. The fraction of sp³-hybridized carbons (Fsp3) is 0.462. The molecule has 0 saturated carbocycles. The predicted octanol–water partition coefficient (Wildman–Crippen LogP) is 1.56. The van der Waals surface area contributed by atoms with Crippen molar-refractivity contribution in [3.05, 3.63) is 28.2 Å². The van der Waals surface area contributed by atoms with Crippen molar-refractivity contribution in [1.82, 2.24) is 4.90 Å². The summed E-state index contributed by atoms with van der Waals surface area (Å²) in [7, 11) is 0. The van der Waals surface area contributed by atoms with Gasteiger partial charge in [-0.2, -0.15) is 0 Å². The van der Waals surface area contributed by atoms with Crippen LogP contribution < -0.4 is 10.5 Å². The summed E-state index contributed by atoms with van der Waals surface area (Å²) >= 11 is 11.9. The van der Waals surface area contributed by atoms with Crippen molar-refractivity contribution in [2.45, 2.75) is 6.10 Å². The van der Waals surface area contributed by atoms with Gasteiger partial charge in [-0.25, -0.2) is 0 Å². The van der Waals surface area contributed by atoms with Crippen LogP contribution in [0.1, 0.15) is 0 Å². The lowest BCUT2D eigenvalue weighted by molar-refractivity contribution is -0.121. The fourth-order valence-corrected chi connectivity index (χ4v) is 2.35. The van der Waals surface area contributed by atoms with E-state index in [4.69, 9.17) is 38.4 Å². The van der Waals surface area contributed by atoms with Crippen molar-refractivity contribution < 1.29 is 14.3 Å². The molecule has 5 nitrogen and oxygen atoms in total. The van der Waals surface area contributed by atoms with E-state index in [-0.39, 0.29) is 18.6 Å². The van der Waals surface area contributed by atoms with Gasteiger partial charge in [-0.15, -0.1) is 0 Å². The Morgan fingerprint density at radius 3 is 3.05 bits per heavy atom. The second kappa shape index (κ2) is 7.13. The second-order valence-electron chi connectivity index (χ2n) is 4.58. The molecule has 1 aliphatic rings. The molecule has 0 aromatic heterocycles. The number of primary amides is 1. The van der Waals surface area contributed by atoms with E-state index in [9.17, 15) is 4.79 Å². The van der Waals surface area contributed by atoms with E-state index in [2.05, 4.69) is 0 Å². The maximum Gasteiger partial charge on any atom is 0.231 e. The number of carbonyl (C=O) groups is 1. The van der Waals surface area contributed by atoms with Crippen molar-refractivity contribution in [3.63, 3.8) is 0 Å². The maximum absolute atomic E-state index is 10.9. The summed E-state index contributed by atoms with van der Waals surface area (Å²) in [6, 6.07) is 5.04. The number of nitrogens with two attached hydrogens (primary N) is 1.